The van der Waals surface area contributed by atoms with Crippen LogP contribution in [-0.2, 0) is 39.7 Å². The van der Waals surface area contributed by atoms with Gasteiger partial charge in [0.25, 0.3) is 0 Å². The molecule has 5 N–H and O–H groups in total. The summed E-state index contributed by atoms with van der Waals surface area (Å²) in [6.45, 7) is -1.49. The van der Waals surface area contributed by atoms with Crippen LogP contribution in [0, 0.1) is 3.57 Å². The van der Waals surface area contributed by atoms with Gasteiger partial charge in [0.1, 0.15) is 27.0 Å². The molecule has 0 bridgehead atoms. The predicted molar refractivity (Wildman–Crippen MR) is 217 cm³/mol. The summed E-state index contributed by atoms with van der Waals surface area (Å²) in [5.74, 6) is 1.50. The van der Waals surface area contributed by atoms with Crippen LogP contribution in [0.15, 0.2) is 94.7 Å². The molecule has 1 aromatic heterocycles. The Morgan fingerprint density at radius 2 is 1.28 bits per heavy atom. The number of benzene rings is 4. The van der Waals surface area contributed by atoms with Crippen LogP contribution in [0.1, 0.15) is 16.7 Å². The largest absolute Gasteiger partial charge is 0.497 e. The molecule has 5 aromatic rings. The fraction of sp³-hybridized carbons (Fsp3) is 0.250. The van der Waals surface area contributed by atoms with Crippen LogP contribution in [0.2, 0.25) is 0 Å². The van der Waals surface area contributed by atoms with Gasteiger partial charge in [-0.15, -0.1) is 10.2 Å². The smallest absolute Gasteiger partial charge is 0.404 e. The lowest BCUT2D eigenvalue weighted by Gasteiger charge is -2.26. The van der Waals surface area contributed by atoms with Crippen molar-refractivity contribution in [3.05, 3.63) is 105 Å². The number of nitrogens with one attached hydrogen (secondary N) is 3. The zero-order chi connectivity index (χ0) is 42.0. The lowest BCUT2D eigenvalue weighted by molar-refractivity contribution is 0.183. The number of carboxylic acid groups (broad SMARTS) is 2. The average molecular weight is 951 g/mol. The van der Waals surface area contributed by atoms with Crippen LogP contribution in [0.5, 0.6) is 17.2 Å². The van der Waals surface area contributed by atoms with Gasteiger partial charge in [0.15, 0.2) is 0 Å². The third kappa shape index (κ3) is 11.1. The Morgan fingerprint density at radius 1 is 0.759 bits per heavy atom. The van der Waals surface area contributed by atoms with Gasteiger partial charge in [-0.2, -0.15) is 9.10 Å². The van der Waals surface area contributed by atoms with Gasteiger partial charge in [0.05, 0.1) is 39.5 Å². The minimum absolute atomic E-state index is 0.124. The average Bonchev–Trinajstić information content (AvgIpc) is 3.66. The highest BCUT2D eigenvalue weighted by Gasteiger charge is 2.37. The van der Waals surface area contributed by atoms with Crippen LogP contribution in [0.4, 0.5) is 9.59 Å². The molecule has 308 valence electrons. The van der Waals surface area contributed by atoms with E-state index in [1.165, 1.54) is 32.2 Å². The molecule has 0 unspecified atom stereocenters. The molecule has 1 atom stereocenters. The quantitative estimate of drug-likeness (QED) is 0.0743. The highest BCUT2D eigenvalue weighted by Crippen LogP contribution is 2.38. The van der Waals surface area contributed by atoms with Crippen molar-refractivity contribution in [2.24, 2.45) is 0 Å². The number of nitrogens with zero attached hydrogens (tertiary/aromatic N) is 5. The van der Waals surface area contributed by atoms with E-state index in [9.17, 15) is 23.1 Å². The highest BCUT2D eigenvalue weighted by molar-refractivity contribution is 14.1. The minimum Gasteiger partial charge on any atom is -0.497 e. The Hall–Kier alpha value is -5.56. The van der Waals surface area contributed by atoms with Gasteiger partial charge in [-0.05, 0) is 93.0 Å². The second-order valence-electron chi connectivity index (χ2n) is 12.4. The fourth-order valence-corrected chi connectivity index (χ4v) is 9.96. The van der Waals surface area contributed by atoms with Crippen molar-refractivity contribution in [3.8, 4) is 28.6 Å². The zero-order valence-electron chi connectivity index (χ0n) is 31.2. The normalized spacial score (nSPS) is 12.2. The Kier molecular flexibility index (Phi) is 14.5. The third-order valence-electron chi connectivity index (χ3n) is 8.50. The molecule has 58 heavy (non-hydrogen) atoms. The molecule has 1 heterocycles. The maximum atomic E-state index is 15.3. The summed E-state index contributed by atoms with van der Waals surface area (Å²) in [4.78, 5) is 22.5. The van der Waals surface area contributed by atoms with Crippen molar-refractivity contribution in [2.45, 2.75) is 35.5 Å². The molecule has 2 amide bonds. The van der Waals surface area contributed by atoms with Gasteiger partial charge in [-0.3, -0.25) is 0 Å². The Labute approximate surface area is 347 Å². The van der Waals surface area contributed by atoms with E-state index in [4.69, 9.17) is 19.3 Å². The van der Waals surface area contributed by atoms with E-state index >= 15 is 8.42 Å². The monoisotopic (exact) mass is 950 g/mol. The minimum atomic E-state index is -4.86. The van der Waals surface area contributed by atoms with Gasteiger partial charge in [0.2, 0.25) is 25.9 Å². The molecule has 0 saturated carbocycles. The molecule has 0 radical (unpaired) electrons. The first-order valence-corrected chi connectivity index (χ1v) is 21.1. The fourth-order valence-electron chi connectivity index (χ4n) is 5.59. The van der Waals surface area contributed by atoms with Gasteiger partial charge < -0.3 is 35.1 Å². The zero-order valence-corrected chi connectivity index (χ0v) is 35.0. The number of tetrazole rings is 1. The van der Waals surface area contributed by atoms with Crippen LogP contribution in [-0.4, -0.2) is 104 Å². The Morgan fingerprint density at radius 3 is 1.76 bits per heavy atom. The molecule has 19 nitrogen and oxygen atoms in total. The van der Waals surface area contributed by atoms with Gasteiger partial charge in [0, 0.05) is 29.7 Å². The third-order valence-corrected chi connectivity index (χ3v) is 12.9. The van der Waals surface area contributed by atoms with E-state index in [0.717, 1.165) is 15.9 Å². The molecule has 0 aliphatic carbocycles. The maximum Gasteiger partial charge on any atom is 0.404 e. The second-order valence-corrected chi connectivity index (χ2v) is 17.2. The van der Waals surface area contributed by atoms with Crippen molar-refractivity contribution < 1.29 is 50.8 Å². The number of hydrogen-bond donors (Lipinski definition) is 5. The summed E-state index contributed by atoms with van der Waals surface area (Å²) in [6.07, 6.45) is -3.02. The molecule has 0 saturated heterocycles. The predicted octanol–water partition coefficient (Wildman–Crippen LogP) is 3.59. The van der Waals surface area contributed by atoms with E-state index in [1.54, 1.807) is 72.8 Å². The maximum absolute atomic E-state index is 15.3. The standard InChI is InChI=1S/C36H39IN8O11S2/c1-54-27-10-4-23(5-11-27)20-44(21-24-6-12-28(55-2)13-7-24)58(52,53)33-31(57(50,51)39-19-26(40-36(48)49)18-38-35(46)47)17-16-30(37)32(33)34-41-43-45(42-34)22-25-8-14-29(56-3)15-9-25/h4-17,26,38-40H,18-22H2,1-3H3,(H,46,47)(H,48,49)/t26-/m0/s1. The van der Waals surface area contributed by atoms with Crippen molar-refractivity contribution in [1.82, 2.24) is 39.9 Å². The lowest BCUT2D eigenvalue weighted by atomic mass is 10.2. The number of rotatable bonds is 19. The first-order valence-electron chi connectivity index (χ1n) is 17.1. The number of halogens is 1. The van der Waals surface area contributed by atoms with Gasteiger partial charge >= 0.3 is 12.2 Å². The highest BCUT2D eigenvalue weighted by atomic mass is 127. The molecule has 4 aromatic carbocycles. The Balaban J connectivity index is 1.67. The first kappa shape index (κ1) is 43.6. The summed E-state index contributed by atoms with van der Waals surface area (Å²) < 4.78 is 78.7. The summed E-state index contributed by atoms with van der Waals surface area (Å²) in [6, 6.07) is 21.6. The number of aromatic nitrogens is 4. The van der Waals surface area contributed by atoms with Crippen molar-refractivity contribution in [1.29, 1.82) is 0 Å². The molecular weight excluding hydrogens is 911 g/mol. The molecule has 0 spiro atoms. The topological polar surface area (TPSA) is 253 Å². The second kappa shape index (κ2) is 19.3. The molecule has 0 aliphatic rings. The molecule has 22 heteroatoms. The summed E-state index contributed by atoms with van der Waals surface area (Å²) >= 11 is 1.87. The first-order chi connectivity index (χ1) is 27.6. The SMILES string of the molecule is COc1ccc(CN(Cc2ccc(OC)cc2)S(=O)(=O)c2c(S(=O)(=O)NC[C@H](CNC(=O)O)NC(=O)O)ccc(I)c2-c2nnn(Cc3ccc(OC)cc3)n2)cc1. The van der Waals surface area contributed by atoms with E-state index < -0.39 is 61.2 Å². The lowest BCUT2D eigenvalue weighted by Crippen LogP contribution is -2.49. The van der Waals surface area contributed by atoms with Crippen LogP contribution >= 0.6 is 22.6 Å². The van der Waals surface area contributed by atoms with Crippen LogP contribution in [0.3, 0.4) is 0 Å². The molecule has 0 fully saturated rings. The number of sulfonamides is 2. The van der Waals surface area contributed by atoms with E-state index in [1.807, 2.05) is 33.2 Å². The number of ether oxygens (including phenoxy) is 3. The van der Waals surface area contributed by atoms with Crippen LogP contribution < -0.4 is 29.6 Å². The molecular formula is C36H39IN8O11S2. The number of carbonyl (C=O) groups is 2. The number of hydrogen-bond acceptors (Lipinski definition) is 12. The number of amides is 2. The summed E-state index contributed by atoms with van der Waals surface area (Å²) in [5, 5.41) is 35.3. The van der Waals surface area contributed by atoms with Crippen molar-refractivity contribution in [2.75, 3.05) is 34.4 Å². The van der Waals surface area contributed by atoms with Gasteiger partial charge in [-0.1, -0.05) is 36.4 Å². The summed E-state index contributed by atoms with van der Waals surface area (Å²) in [7, 11) is -5.17. The molecule has 0 aliphatic heterocycles. The van der Waals surface area contributed by atoms with E-state index in [-0.39, 0.29) is 34.6 Å². The van der Waals surface area contributed by atoms with Crippen LogP contribution in [0.25, 0.3) is 11.4 Å². The molecule has 5 rings (SSSR count). The van der Waals surface area contributed by atoms with Crippen molar-refractivity contribution in [3.63, 3.8) is 0 Å². The van der Waals surface area contributed by atoms with E-state index in [2.05, 4.69) is 20.1 Å². The summed E-state index contributed by atoms with van der Waals surface area (Å²) in [5.41, 5.74) is 1.70. The number of methoxy groups -OCH3 is 3. The van der Waals surface area contributed by atoms with Gasteiger partial charge in [-0.25, -0.2) is 31.1 Å². The Bertz CT molecular complexity index is 2390. The van der Waals surface area contributed by atoms with Crippen molar-refractivity contribution >= 4 is 54.8 Å². The van der Waals surface area contributed by atoms with E-state index in [0.29, 0.717) is 28.4 Å².